The van der Waals surface area contributed by atoms with E-state index in [2.05, 4.69) is 10.1 Å². The van der Waals surface area contributed by atoms with Gasteiger partial charge in [-0.05, 0) is 12.5 Å². The van der Waals surface area contributed by atoms with E-state index >= 15 is 0 Å². The summed E-state index contributed by atoms with van der Waals surface area (Å²) in [6.07, 6.45) is 0. The highest BCUT2D eigenvalue weighted by molar-refractivity contribution is 5.99. The number of methoxy groups -OCH3 is 1. The highest BCUT2D eigenvalue weighted by Crippen LogP contribution is 2.24. The molecule has 2 atom stereocenters. The zero-order chi connectivity index (χ0) is 14.4. The van der Waals surface area contributed by atoms with Gasteiger partial charge in [0.05, 0.1) is 13.2 Å². The van der Waals surface area contributed by atoms with Gasteiger partial charge in [-0.15, -0.1) is 0 Å². The molecular formula is C14H17NO4. The first-order valence-electron chi connectivity index (χ1n) is 5.87. The van der Waals surface area contributed by atoms with Gasteiger partial charge in [-0.1, -0.05) is 30.3 Å². The number of rotatable bonds is 5. The van der Waals surface area contributed by atoms with Crippen molar-refractivity contribution < 1.29 is 19.1 Å². The summed E-state index contributed by atoms with van der Waals surface area (Å²) in [6.45, 7) is 2.64. The number of hydrogen-bond donors (Lipinski definition) is 1. The summed E-state index contributed by atoms with van der Waals surface area (Å²) in [4.78, 5) is 34.7. The fraction of sp³-hybridized carbons (Fsp3) is 0.357. The van der Waals surface area contributed by atoms with Gasteiger partial charge < -0.3 is 10.1 Å². The van der Waals surface area contributed by atoms with E-state index in [0.717, 1.165) is 0 Å². The normalized spacial score (nSPS) is 13.2. The van der Waals surface area contributed by atoms with Crippen LogP contribution in [0.15, 0.2) is 30.3 Å². The Morgan fingerprint density at radius 2 is 1.68 bits per heavy atom. The average Bonchev–Trinajstić information content (AvgIpc) is 2.37. The van der Waals surface area contributed by atoms with E-state index in [1.54, 1.807) is 24.3 Å². The Kier molecular flexibility index (Phi) is 5.23. The maximum absolute atomic E-state index is 11.8. The van der Waals surface area contributed by atoms with Gasteiger partial charge in [-0.25, -0.2) is 0 Å². The van der Waals surface area contributed by atoms with E-state index in [9.17, 15) is 14.4 Å². The minimum Gasteiger partial charge on any atom is -0.468 e. The lowest BCUT2D eigenvalue weighted by atomic mass is 9.90. The maximum atomic E-state index is 11.8. The summed E-state index contributed by atoms with van der Waals surface area (Å²) in [5.41, 5.74) is 0.684. The molecule has 0 aliphatic heterocycles. The predicted molar refractivity (Wildman–Crippen MR) is 69.2 cm³/mol. The highest BCUT2D eigenvalue weighted by Gasteiger charge is 2.34. The summed E-state index contributed by atoms with van der Waals surface area (Å²) in [5.74, 6) is -2.37. The van der Waals surface area contributed by atoms with E-state index in [-0.39, 0.29) is 11.7 Å². The molecule has 1 aromatic carbocycles. The molecule has 0 saturated carbocycles. The van der Waals surface area contributed by atoms with Gasteiger partial charge in [-0.2, -0.15) is 0 Å². The van der Waals surface area contributed by atoms with Crippen LogP contribution in [0, 0.1) is 5.92 Å². The van der Waals surface area contributed by atoms with Gasteiger partial charge in [0.2, 0.25) is 5.91 Å². The summed E-state index contributed by atoms with van der Waals surface area (Å²) >= 11 is 0. The van der Waals surface area contributed by atoms with Gasteiger partial charge >= 0.3 is 5.97 Å². The third-order valence-electron chi connectivity index (χ3n) is 2.74. The van der Waals surface area contributed by atoms with Gasteiger partial charge in [0, 0.05) is 6.92 Å². The van der Waals surface area contributed by atoms with Crippen LogP contribution in [0.1, 0.15) is 25.5 Å². The van der Waals surface area contributed by atoms with Gasteiger partial charge in [0.15, 0.2) is 0 Å². The van der Waals surface area contributed by atoms with Crippen LogP contribution in [0.5, 0.6) is 0 Å². The van der Waals surface area contributed by atoms with Crippen LogP contribution in [0.25, 0.3) is 0 Å². The summed E-state index contributed by atoms with van der Waals surface area (Å²) in [7, 11) is 1.22. The van der Waals surface area contributed by atoms with Gasteiger partial charge in [-0.3, -0.25) is 14.4 Å². The molecule has 0 aromatic heterocycles. The molecule has 0 aliphatic carbocycles. The summed E-state index contributed by atoms with van der Waals surface area (Å²) in [5, 5.41) is 2.63. The largest absolute Gasteiger partial charge is 0.468 e. The molecule has 1 rings (SSSR count). The highest BCUT2D eigenvalue weighted by atomic mass is 16.5. The van der Waals surface area contributed by atoms with Crippen molar-refractivity contribution in [2.75, 3.05) is 7.11 Å². The van der Waals surface area contributed by atoms with Gasteiger partial charge in [0.25, 0.3) is 0 Å². The minimum absolute atomic E-state index is 0.316. The first-order chi connectivity index (χ1) is 8.97. The third-order valence-corrected chi connectivity index (χ3v) is 2.74. The van der Waals surface area contributed by atoms with Crippen LogP contribution in [0.3, 0.4) is 0 Å². The summed E-state index contributed by atoms with van der Waals surface area (Å²) < 4.78 is 4.65. The Morgan fingerprint density at radius 1 is 1.11 bits per heavy atom. The zero-order valence-corrected chi connectivity index (χ0v) is 11.2. The molecule has 0 radical (unpaired) electrons. The second-order valence-corrected chi connectivity index (χ2v) is 4.20. The molecule has 0 saturated heterocycles. The number of nitrogens with one attached hydrogen (secondary N) is 1. The van der Waals surface area contributed by atoms with Crippen LogP contribution < -0.4 is 5.32 Å². The van der Waals surface area contributed by atoms with Crippen LogP contribution >= 0.6 is 0 Å². The number of carbonyl (C=O) groups excluding carboxylic acids is 3. The van der Waals surface area contributed by atoms with Crippen LogP contribution in [0.2, 0.25) is 0 Å². The topological polar surface area (TPSA) is 72.5 Å². The van der Waals surface area contributed by atoms with Crippen molar-refractivity contribution in [2.45, 2.75) is 19.9 Å². The minimum atomic E-state index is -1.05. The molecule has 0 aliphatic rings. The number of carbonyl (C=O) groups is 3. The van der Waals surface area contributed by atoms with Crippen LogP contribution in [-0.2, 0) is 19.1 Å². The van der Waals surface area contributed by atoms with E-state index < -0.39 is 17.9 Å². The van der Waals surface area contributed by atoms with Crippen molar-refractivity contribution >= 4 is 17.7 Å². The third kappa shape index (κ3) is 3.91. The molecule has 0 heterocycles. The zero-order valence-electron chi connectivity index (χ0n) is 11.2. The fourth-order valence-electron chi connectivity index (χ4n) is 1.90. The number of ether oxygens (including phenoxy) is 1. The monoisotopic (exact) mass is 263 g/mol. The molecule has 1 N–H and O–H groups in total. The molecule has 102 valence electrons. The van der Waals surface area contributed by atoms with E-state index in [0.29, 0.717) is 5.56 Å². The number of Topliss-reactive ketones (excluding diaryl/α,β-unsaturated/α-hetero) is 1. The number of hydrogen-bond acceptors (Lipinski definition) is 4. The second-order valence-electron chi connectivity index (χ2n) is 4.20. The smallest absolute Gasteiger partial charge is 0.318 e. The number of benzene rings is 1. The first kappa shape index (κ1) is 14.9. The average molecular weight is 263 g/mol. The maximum Gasteiger partial charge on any atom is 0.318 e. The van der Waals surface area contributed by atoms with Crippen molar-refractivity contribution in [2.24, 2.45) is 5.92 Å². The van der Waals surface area contributed by atoms with Crippen molar-refractivity contribution in [3.05, 3.63) is 35.9 Å². The number of amides is 1. The Morgan fingerprint density at radius 3 is 2.11 bits per heavy atom. The lowest BCUT2D eigenvalue weighted by Gasteiger charge is -2.24. The lowest BCUT2D eigenvalue weighted by Crippen LogP contribution is -2.39. The molecule has 0 bridgehead atoms. The number of ketones is 1. The Balaban J connectivity index is 3.17. The van der Waals surface area contributed by atoms with E-state index in [1.165, 1.54) is 21.0 Å². The van der Waals surface area contributed by atoms with Crippen molar-refractivity contribution in [1.82, 2.24) is 5.32 Å². The van der Waals surface area contributed by atoms with Gasteiger partial charge in [0.1, 0.15) is 11.7 Å². The Hall–Kier alpha value is -2.17. The number of esters is 1. The molecule has 0 fully saturated rings. The first-order valence-corrected chi connectivity index (χ1v) is 5.87. The Labute approximate surface area is 111 Å². The predicted octanol–water partition coefficient (Wildman–Crippen LogP) is 1.24. The van der Waals surface area contributed by atoms with Crippen molar-refractivity contribution in [3.63, 3.8) is 0 Å². The molecule has 0 unspecified atom stereocenters. The molecule has 1 aromatic rings. The van der Waals surface area contributed by atoms with Crippen molar-refractivity contribution in [3.8, 4) is 0 Å². The van der Waals surface area contributed by atoms with Crippen LogP contribution in [0.4, 0.5) is 0 Å². The molecule has 5 heteroatoms. The van der Waals surface area contributed by atoms with Crippen LogP contribution in [-0.4, -0.2) is 24.8 Å². The SMILES string of the molecule is COC(=O)[C@H](C(C)=O)[C@H](NC(C)=O)c1ccccc1. The van der Waals surface area contributed by atoms with E-state index in [4.69, 9.17) is 0 Å². The van der Waals surface area contributed by atoms with Crippen molar-refractivity contribution in [1.29, 1.82) is 0 Å². The fourth-order valence-corrected chi connectivity index (χ4v) is 1.90. The Bertz CT molecular complexity index is 470. The quantitative estimate of drug-likeness (QED) is 0.641. The van der Waals surface area contributed by atoms with E-state index in [1.807, 2.05) is 6.07 Å². The molecular weight excluding hydrogens is 246 g/mol. The molecule has 0 spiro atoms. The second kappa shape index (κ2) is 6.68. The standard InChI is InChI=1S/C14H17NO4/c1-9(16)12(14(18)19-3)13(15-10(2)17)11-7-5-4-6-8-11/h4-8,12-13H,1-3H3,(H,15,17)/t12-,13-/m1/s1. The lowest BCUT2D eigenvalue weighted by molar-refractivity contribution is -0.150. The molecule has 5 nitrogen and oxygen atoms in total. The molecule has 1 amide bonds. The molecule has 19 heavy (non-hydrogen) atoms. The summed E-state index contributed by atoms with van der Waals surface area (Å²) in [6, 6.07) is 8.15.